The van der Waals surface area contributed by atoms with Crippen molar-refractivity contribution in [2.45, 2.75) is 71.1 Å². The van der Waals surface area contributed by atoms with E-state index in [1.807, 2.05) is 6.20 Å². The monoisotopic (exact) mass is 308 g/mol. The van der Waals surface area contributed by atoms with Crippen molar-refractivity contribution < 1.29 is 9.31 Å². The molecule has 6 heteroatoms. The van der Waals surface area contributed by atoms with E-state index in [1.165, 1.54) is 19.3 Å². The van der Waals surface area contributed by atoms with Gasteiger partial charge in [0.1, 0.15) is 0 Å². The first kappa shape index (κ1) is 15.3. The average Bonchev–Trinajstić information content (AvgIpc) is 2.94. The smallest absolute Gasteiger partial charge is 0.399 e. The van der Waals surface area contributed by atoms with Crippen molar-refractivity contribution in [3.63, 3.8) is 0 Å². The van der Waals surface area contributed by atoms with E-state index in [4.69, 9.17) is 9.31 Å². The molecule has 0 bridgehead atoms. The van der Waals surface area contributed by atoms with E-state index in [0.29, 0.717) is 6.04 Å². The highest BCUT2D eigenvalue weighted by atomic mass is 32.1. The Morgan fingerprint density at radius 3 is 2.52 bits per heavy atom. The van der Waals surface area contributed by atoms with Gasteiger partial charge in [0.15, 0.2) is 5.13 Å². The third-order valence-corrected chi connectivity index (χ3v) is 6.10. The lowest BCUT2D eigenvalue weighted by molar-refractivity contribution is 0.00578. The lowest BCUT2D eigenvalue weighted by Gasteiger charge is -2.33. The molecular formula is C15H25BN2O2S. The van der Waals surface area contributed by atoms with E-state index < -0.39 is 0 Å². The maximum absolute atomic E-state index is 6.11. The molecule has 3 rings (SSSR count). The Morgan fingerprint density at radius 1 is 1.24 bits per heavy atom. The third kappa shape index (κ3) is 2.73. The second kappa shape index (κ2) is 5.25. The van der Waals surface area contributed by atoms with Crippen LogP contribution in [-0.4, -0.2) is 35.9 Å². The zero-order valence-corrected chi connectivity index (χ0v) is 14.5. The van der Waals surface area contributed by atoms with Gasteiger partial charge >= 0.3 is 7.12 Å². The highest BCUT2D eigenvalue weighted by molar-refractivity contribution is 7.25. The average molecular weight is 308 g/mol. The van der Waals surface area contributed by atoms with Gasteiger partial charge in [-0.1, -0.05) is 0 Å². The predicted octanol–water partition coefficient (Wildman–Crippen LogP) is 2.82. The standard InChI is InChI=1S/C15H25BN2O2S/c1-11-8-6-7-9-18(11)13-17-10-12(21-13)16-19-14(2,3)15(4,5)20-16/h10-11H,6-9H2,1-5H3. The number of piperidine rings is 1. The van der Waals surface area contributed by atoms with Crippen LogP contribution < -0.4 is 9.68 Å². The Morgan fingerprint density at radius 2 is 1.90 bits per heavy atom. The van der Waals surface area contributed by atoms with Crippen LogP contribution >= 0.6 is 11.3 Å². The molecule has 116 valence electrons. The molecular weight excluding hydrogens is 283 g/mol. The van der Waals surface area contributed by atoms with Crippen LogP contribution in [0.2, 0.25) is 0 Å². The second-order valence-corrected chi connectivity index (χ2v) is 8.21. The molecule has 0 amide bonds. The van der Waals surface area contributed by atoms with Crippen LogP contribution in [0.25, 0.3) is 0 Å². The molecule has 3 heterocycles. The third-order valence-electron chi connectivity index (χ3n) is 5.05. The van der Waals surface area contributed by atoms with Crippen LogP contribution in [-0.2, 0) is 9.31 Å². The van der Waals surface area contributed by atoms with Gasteiger partial charge in [-0.2, -0.15) is 0 Å². The normalized spacial score (nSPS) is 28.1. The van der Waals surface area contributed by atoms with E-state index in [-0.39, 0.29) is 18.3 Å². The van der Waals surface area contributed by atoms with E-state index >= 15 is 0 Å². The van der Waals surface area contributed by atoms with E-state index in [9.17, 15) is 0 Å². The molecule has 4 nitrogen and oxygen atoms in total. The first-order chi connectivity index (χ1) is 9.80. The molecule has 0 radical (unpaired) electrons. The molecule has 2 aliphatic rings. The number of anilines is 1. The van der Waals surface area contributed by atoms with E-state index in [2.05, 4.69) is 44.5 Å². The molecule has 1 aromatic rings. The summed E-state index contributed by atoms with van der Waals surface area (Å²) in [4.78, 5) is 7.03. The molecule has 1 atom stereocenters. The van der Waals surface area contributed by atoms with Gasteiger partial charge in [0.25, 0.3) is 0 Å². The van der Waals surface area contributed by atoms with E-state index in [1.54, 1.807) is 11.3 Å². The zero-order chi connectivity index (χ0) is 15.3. The Bertz CT molecular complexity index is 502. The van der Waals surface area contributed by atoms with Crippen LogP contribution in [0.15, 0.2) is 6.20 Å². The summed E-state index contributed by atoms with van der Waals surface area (Å²) in [5, 5.41) is 1.10. The predicted molar refractivity (Wildman–Crippen MR) is 88.5 cm³/mol. The summed E-state index contributed by atoms with van der Waals surface area (Å²) in [6.07, 6.45) is 5.76. The summed E-state index contributed by atoms with van der Waals surface area (Å²) in [7, 11) is -0.290. The van der Waals surface area contributed by atoms with Crippen molar-refractivity contribution in [3.8, 4) is 0 Å². The van der Waals surface area contributed by atoms with Crippen LogP contribution in [0.4, 0.5) is 5.13 Å². The summed E-state index contributed by atoms with van der Waals surface area (Å²) < 4.78 is 13.3. The lowest BCUT2D eigenvalue weighted by atomic mass is 9.89. The molecule has 2 fully saturated rings. The van der Waals surface area contributed by atoms with Crippen LogP contribution in [0.1, 0.15) is 53.9 Å². The minimum absolute atomic E-state index is 0.290. The number of hydrogen-bond donors (Lipinski definition) is 0. The highest BCUT2D eigenvalue weighted by Gasteiger charge is 2.52. The summed E-state index contributed by atoms with van der Waals surface area (Å²) in [6, 6.07) is 0.580. The van der Waals surface area contributed by atoms with Gasteiger partial charge in [-0.25, -0.2) is 4.98 Å². The molecule has 1 aromatic heterocycles. The van der Waals surface area contributed by atoms with Gasteiger partial charge in [-0.05, 0) is 53.9 Å². The summed E-state index contributed by atoms with van der Waals surface area (Å²) in [6.45, 7) is 11.7. The maximum atomic E-state index is 6.11. The van der Waals surface area contributed by atoms with Gasteiger partial charge in [0.05, 0.1) is 16.0 Å². The van der Waals surface area contributed by atoms with Gasteiger partial charge in [0, 0.05) is 18.8 Å². The largest absolute Gasteiger partial charge is 0.507 e. The Hall–Kier alpha value is -0.585. The summed E-state index contributed by atoms with van der Waals surface area (Å²) in [5.41, 5.74) is -0.583. The second-order valence-electron chi connectivity index (χ2n) is 7.17. The SMILES string of the molecule is CC1CCCCN1c1ncc(B2OC(C)(C)C(C)(C)O2)s1. The maximum Gasteiger partial charge on any atom is 0.507 e. The number of aromatic nitrogens is 1. The molecule has 2 saturated heterocycles. The number of rotatable bonds is 2. The molecule has 21 heavy (non-hydrogen) atoms. The zero-order valence-electron chi connectivity index (χ0n) is 13.7. The minimum Gasteiger partial charge on any atom is -0.399 e. The number of hydrogen-bond acceptors (Lipinski definition) is 5. The molecule has 1 unspecified atom stereocenters. The van der Waals surface area contributed by atoms with Crippen molar-refractivity contribution >= 4 is 28.4 Å². The Balaban J connectivity index is 1.77. The first-order valence-electron chi connectivity index (χ1n) is 7.88. The fraction of sp³-hybridized carbons (Fsp3) is 0.800. The topological polar surface area (TPSA) is 34.6 Å². The quantitative estimate of drug-likeness (QED) is 0.787. The highest BCUT2D eigenvalue weighted by Crippen LogP contribution is 2.37. The van der Waals surface area contributed by atoms with Gasteiger partial charge in [-0.15, -0.1) is 11.3 Å². The van der Waals surface area contributed by atoms with Crippen molar-refractivity contribution in [2.24, 2.45) is 0 Å². The molecule has 0 saturated carbocycles. The van der Waals surface area contributed by atoms with Crippen molar-refractivity contribution in [2.75, 3.05) is 11.4 Å². The molecule has 2 aliphatic heterocycles. The lowest BCUT2D eigenvalue weighted by Crippen LogP contribution is -2.41. The van der Waals surface area contributed by atoms with Crippen LogP contribution in [0, 0.1) is 0 Å². The van der Waals surface area contributed by atoms with Gasteiger partial charge < -0.3 is 14.2 Å². The van der Waals surface area contributed by atoms with Crippen molar-refractivity contribution in [1.82, 2.24) is 4.98 Å². The fourth-order valence-corrected chi connectivity index (χ4v) is 3.86. The summed E-state index contributed by atoms with van der Waals surface area (Å²) in [5.74, 6) is 0. The van der Waals surface area contributed by atoms with Crippen molar-refractivity contribution in [3.05, 3.63) is 6.20 Å². The molecule has 0 N–H and O–H groups in total. The first-order valence-corrected chi connectivity index (χ1v) is 8.70. The van der Waals surface area contributed by atoms with Crippen LogP contribution in [0.5, 0.6) is 0 Å². The van der Waals surface area contributed by atoms with Crippen LogP contribution in [0.3, 0.4) is 0 Å². The summed E-state index contributed by atoms with van der Waals surface area (Å²) >= 11 is 1.71. The van der Waals surface area contributed by atoms with E-state index in [0.717, 1.165) is 16.5 Å². The molecule has 0 aliphatic carbocycles. The van der Waals surface area contributed by atoms with Gasteiger partial charge in [-0.3, -0.25) is 0 Å². The minimum atomic E-state index is -0.291. The number of nitrogens with zero attached hydrogens (tertiary/aromatic N) is 2. The Labute approximate surface area is 132 Å². The molecule has 0 spiro atoms. The molecule has 0 aromatic carbocycles. The Kier molecular flexibility index (Phi) is 3.83. The van der Waals surface area contributed by atoms with Gasteiger partial charge in [0.2, 0.25) is 0 Å². The van der Waals surface area contributed by atoms with Crippen molar-refractivity contribution in [1.29, 1.82) is 0 Å². The number of thiazole rings is 1. The fourth-order valence-electron chi connectivity index (χ4n) is 2.86.